The summed E-state index contributed by atoms with van der Waals surface area (Å²) in [7, 11) is 1.56. The quantitative estimate of drug-likeness (QED) is 0.863. The van der Waals surface area contributed by atoms with Crippen molar-refractivity contribution in [2.75, 3.05) is 20.2 Å². The summed E-state index contributed by atoms with van der Waals surface area (Å²) in [6.07, 6.45) is 1.57. The Balaban J connectivity index is 1.67. The molecule has 0 saturated carbocycles. The molecule has 0 aliphatic carbocycles. The number of piperidine rings is 1. The van der Waals surface area contributed by atoms with E-state index in [2.05, 4.69) is 5.32 Å². The zero-order chi connectivity index (χ0) is 20.1. The molecule has 1 heterocycles. The molecule has 0 radical (unpaired) electrons. The molecule has 2 amide bonds. The predicted octanol–water partition coefficient (Wildman–Crippen LogP) is 3.56. The summed E-state index contributed by atoms with van der Waals surface area (Å²) in [5.41, 5.74) is 2.20. The molecule has 1 N–H and O–H groups in total. The highest BCUT2D eigenvalue weighted by atomic mass is 16.5. The lowest BCUT2D eigenvalue weighted by molar-refractivity contribution is -0.132. The van der Waals surface area contributed by atoms with E-state index < -0.39 is 5.41 Å². The lowest BCUT2D eigenvalue weighted by Crippen LogP contribution is -2.51. The van der Waals surface area contributed by atoms with Gasteiger partial charge in [-0.2, -0.15) is 0 Å². The van der Waals surface area contributed by atoms with Gasteiger partial charge in [0.2, 0.25) is 5.91 Å². The highest BCUT2D eigenvalue weighted by Gasteiger charge is 2.39. The fourth-order valence-corrected chi connectivity index (χ4v) is 3.69. The first-order chi connectivity index (χ1) is 13.4. The van der Waals surface area contributed by atoms with E-state index >= 15 is 0 Å². The molecule has 0 aromatic heterocycles. The second-order valence-electron chi connectivity index (χ2n) is 7.76. The third-order valence-electron chi connectivity index (χ3n) is 5.44. The van der Waals surface area contributed by atoms with E-state index in [1.54, 1.807) is 24.1 Å². The van der Waals surface area contributed by atoms with E-state index in [0.717, 1.165) is 18.4 Å². The summed E-state index contributed by atoms with van der Waals surface area (Å²) in [4.78, 5) is 27.7. The minimum Gasteiger partial charge on any atom is -0.496 e. The van der Waals surface area contributed by atoms with Gasteiger partial charge >= 0.3 is 0 Å². The molecule has 2 aromatic carbocycles. The third-order valence-corrected chi connectivity index (χ3v) is 5.44. The molecule has 0 bridgehead atoms. The largest absolute Gasteiger partial charge is 0.496 e. The smallest absolute Gasteiger partial charge is 0.257 e. The summed E-state index contributed by atoms with van der Waals surface area (Å²) >= 11 is 0. The molecule has 1 fully saturated rings. The number of ether oxygens (including phenoxy) is 1. The predicted molar refractivity (Wildman–Crippen MR) is 109 cm³/mol. The molecule has 28 heavy (non-hydrogen) atoms. The average molecular weight is 380 g/mol. The van der Waals surface area contributed by atoms with Gasteiger partial charge in [-0.25, -0.2) is 0 Å². The topological polar surface area (TPSA) is 58.6 Å². The van der Waals surface area contributed by atoms with Crippen LogP contribution in [-0.4, -0.2) is 36.9 Å². The average Bonchev–Trinajstić information content (AvgIpc) is 2.72. The Hall–Kier alpha value is -2.82. The van der Waals surface area contributed by atoms with Crippen LogP contribution in [0.25, 0.3) is 0 Å². The molecule has 3 rings (SSSR count). The fourth-order valence-electron chi connectivity index (χ4n) is 3.69. The van der Waals surface area contributed by atoms with Gasteiger partial charge in [-0.15, -0.1) is 0 Å². The van der Waals surface area contributed by atoms with Gasteiger partial charge in [0, 0.05) is 19.6 Å². The van der Waals surface area contributed by atoms with Gasteiger partial charge < -0.3 is 15.0 Å². The van der Waals surface area contributed by atoms with Crippen molar-refractivity contribution in [3.05, 3.63) is 65.2 Å². The first-order valence-corrected chi connectivity index (χ1v) is 9.69. The Morgan fingerprint density at radius 3 is 2.57 bits per heavy atom. The molecule has 1 atom stereocenters. The van der Waals surface area contributed by atoms with Crippen molar-refractivity contribution in [2.24, 2.45) is 5.41 Å². The van der Waals surface area contributed by atoms with E-state index in [1.165, 1.54) is 5.56 Å². The van der Waals surface area contributed by atoms with Crippen molar-refractivity contribution in [1.82, 2.24) is 10.2 Å². The first-order valence-electron chi connectivity index (χ1n) is 9.69. The number of benzene rings is 2. The van der Waals surface area contributed by atoms with Crippen LogP contribution in [0.2, 0.25) is 0 Å². The zero-order valence-electron chi connectivity index (χ0n) is 16.8. The molecular weight excluding hydrogens is 352 g/mol. The summed E-state index contributed by atoms with van der Waals surface area (Å²) in [5.74, 6) is 0.462. The maximum atomic E-state index is 13.0. The normalized spacial score (nSPS) is 19.2. The Morgan fingerprint density at radius 2 is 1.86 bits per heavy atom. The van der Waals surface area contributed by atoms with Crippen LogP contribution in [-0.2, 0) is 11.3 Å². The van der Waals surface area contributed by atoms with Crippen molar-refractivity contribution in [3.8, 4) is 5.75 Å². The molecule has 5 nitrogen and oxygen atoms in total. The fraction of sp³-hybridized carbons (Fsp3) is 0.391. The standard InChI is InChI=1S/C23H28N2O3/c1-17-9-11-18(12-10-17)15-24-22(27)23(2)13-6-14-25(16-23)21(26)19-7-4-5-8-20(19)28-3/h4-5,7-12H,6,13-16H2,1-3H3,(H,24,27)/t23-/m0/s1. The van der Waals surface area contributed by atoms with Gasteiger partial charge in [0.05, 0.1) is 18.1 Å². The minimum atomic E-state index is -0.597. The van der Waals surface area contributed by atoms with Crippen LogP contribution in [0, 0.1) is 12.3 Å². The van der Waals surface area contributed by atoms with E-state index in [4.69, 9.17) is 4.74 Å². The van der Waals surface area contributed by atoms with Gasteiger partial charge in [-0.05, 0) is 44.4 Å². The molecule has 0 unspecified atom stereocenters. The number of para-hydroxylation sites is 1. The number of rotatable bonds is 5. The molecule has 1 aliphatic heterocycles. The molecule has 0 spiro atoms. The SMILES string of the molecule is COc1ccccc1C(=O)N1CCC[C@](C)(C(=O)NCc2ccc(C)cc2)C1. The number of hydrogen-bond acceptors (Lipinski definition) is 3. The number of likely N-dealkylation sites (tertiary alicyclic amines) is 1. The number of hydrogen-bond donors (Lipinski definition) is 1. The number of carbonyl (C=O) groups excluding carboxylic acids is 2. The molecule has 1 saturated heterocycles. The lowest BCUT2D eigenvalue weighted by atomic mass is 9.80. The van der Waals surface area contributed by atoms with Crippen LogP contribution in [0.15, 0.2) is 48.5 Å². The summed E-state index contributed by atoms with van der Waals surface area (Å²) in [6.45, 7) is 5.54. The van der Waals surface area contributed by atoms with Gasteiger partial charge in [0.1, 0.15) is 5.75 Å². The number of nitrogens with one attached hydrogen (secondary N) is 1. The molecule has 1 aliphatic rings. The Morgan fingerprint density at radius 1 is 1.14 bits per heavy atom. The third kappa shape index (κ3) is 4.35. The van der Waals surface area contributed by atoms with Crippen molar-refractivity contribution in [3.63, 3.8) is 0 Å². The maximum Gasteiger partial charge on any atom is 0.257 e. The monoisotopic (exact) mass is 380 g/mol. The molecule has 5 heteroatoms. The molecule has 2 aromatic rings. The highest BCUT2D eigenvalue weighted by Crippen LogP contribution is 2.31. The van der Waals surface area contributed by atoms with Crippen LogP contribution in [0.1, 0.15) is 41.3 Å². The highest BCUT2D eigenvalue weighted by molar-refractivity contribution is 5.97. The van der Waals surface area contributed by atoms with Crippen LogP contribution >= 0.6 is 0 Å². The number of aryl methyl sites for hydroxylation is 1. The lowest BCUT2D eigenvalue weighted by Gasteiger charge is -2.39. The number of amides is 2. The van der Waals surface area contributed by atoms with Crippen LogP contribution in [0.4, 0.5) is 0 Å². The number of nitrogens with zero attached hydrogens (tertiary/aromatic N) is 1. The van der Waals surface area contributed by atoms with Crippen molar-refractivity contribution in [1.29, 1.82) is 0 Å². The van der Waals surface area contributed by atoms with Gasteiger partial charge in [-0.3, -0.25) is 9.59 Å². The maximum absolute atomic E-state index is 13.0. The van der Waals surface area contributed by atoms with Crippen LogP contribution < -0.4 is 10.1 Å². The van der Waals surface area contributed by atoms with E-state index in [0.29, 0.717) is 30.9 Å². The first kappa shape index (κ1) is 19.9. The minimum absolute atomic E-state index is 0.00870. The van der Waals surface area contributed by atoms with E-state index in [1.807, 2.05) is 50.2 Å². The number of carbonyl (C=O) groups is 2. The van der Waals surface area contributed by atoms with Gasteiger partial charge in [-0.1, -0.05) is 42.0 Å². The zero-order valence-corrected chi connectivity index (χ0v) is 16.8. The van der Waals surface area contributed by atoms with Crippen molar-refractivity contribution < 1.29 is 14.3 Å². The molecular formula is C23H28N2O3. The van der Waals surface area contributed by atoms with Crippen molar-refractivity contribution >= 4 is 11.8 Å². The number of methoxy groups -OCH3 is 1. The Labute approximate surface area is 166 Å². The van der Waals surface area contributed by atoms with E-state index in [9.17, 15) is 9.59 Å². The van der Waals surface area contributed by atoms with Gasteiger partial charge in [0.25, 0.3) is 5.91 Å². The van der Waals surface area contributed by atoms with E-state index in [-0.39, 0.29) is 11.8 Å². The summed E-state index contributed by atoms with van der Waals surface area (Å²) in [5, 5.41) is 3.05. The Kier molecular flexibility index (Phi) is 6.02. The Bertz CT molecular complexity index is 847. The van der Waals surface area contributed by atoms with Gasteiger partial charge in [0.15, 0.2) is 0 Å². The molecule has 148 valence electrons. The van der Waals surface area contributed by atoms with Crippen molar-refractivity contribution in [2.45, 2.75) is 33.2 Å². The van der Waals surface area contributed by atoms with Crippen LogP contribution in [0.5, 0.6) is 5.75 Å². The second kappa shape index (κ2) is 8.46. The summed E-state index contributed by atoms with van der Waals surface area (Å²) in [6, 6.07) is 15.3. The summed E-state index contributed by atoms with van der Waals surface area (Å²) < 4.78 is 5.33. The van der Waals surface area contributed by atoms with Crippen LogP contribution in [0.3, 0.4) is 0 Å². The second-order valence-corrected chi connectivity index (χ2v) is 7.76.